The lowest BCUT2D eigenvalue weighted by molar-refractivity contribution is -0.137. The van der Waals surface area contributed by atoms with E-state index in [9.17, 15) is 17.6 Å². The lowest BCUT2D eigenvalue weighted by Gasteiger charge is -2.13. The number of rotatable bonds is 2. The van der Waals surface area contributed by atoms with Gasteiger partial charge in [-0.15, -0.1) is 0 Å². The Balaban J connectivity index is 2.40. The quantitative estimate of drug-likeness (QED) is 0.596. The van der Waals surface area contributed by atoms with E-state index in [1.807, 2.05) is 0 Å². The van der Waals surface area contributed by atoms with E-state index in [1.54, 1.807) is 18.2 Å². The standard InChI is InChI=1S/C13H9BrF4N2/c14-8-2-4-10(19)12(6-8)20-11-5-7(13(16,17)18)1-3-9(11)15/h1-6,20H,19H2. The van der Waals surface area contributed by atoms with Gasteiger partial charge >= 0.3 is 6.18 Å². The summed E-state index contributed by atoms with van der Waals surface area (Å²) in [6.45, 7) is 0. The van der Waals surface area contributed by atoms with Gasteiger partial charge in [-0.05, 0) is 36.4 Å². The van der Waals surface area contributed by atoms with Gasteiger partial charge in [0, 0.05) is 4.47 Å². The first-order valence-electron chi connectivity index (χ1n) is 5.46. The summed E-state index contributed by atoms with van der Waals surface area (Å²) in [6.07, 6.45) is -4.53. The maximum absolute atomic E-state index is 13.6. The van der Waals surface area contributed by atoms with Gasteiger partial charge in [0.05, 0.1) is 22.6 Å². The van der Waals surface area contributed by atoms with Crippen molar-refractivity contribution in [3.05, 3.63) is 52.3 Å². The first-order chi connectivity index (χ1) is 9.27. The lowest BCUT2D eigenvalue weighted by atomic mass is 10.1. The summed E-state index contributed by atoms with van der Waals surface area (Å²) in [5.41, 5.74) is 5.07. The molecule has 0 unspecified atom stereocenters. The predicted molar refractivity (Wildman–Crippen MR) is 73.2 cm³/mol. The Morgan fingerprint density at radius 3 is 2.35 bits per heavy atom. The summed E-state index contributed by atoms with van der Waals surface area (Å²) < 4.78 is 52.1. The molecule has 7 heteroatoms. The second-order valence-corrected chi connectivity index (χ2v) is 4.96. The van der Waals surface area contributed by atoms with Crippen LogP contribution in [0.4, 0.5) is 34.6 Å². The van der Waals surface area contributed by atoms with Gasteiger partial charge in [-0.3, -0.25) is 0 Å². The number of hydrogen-bond acceptors (Lipinski definition) is 2. The molecule has 0 aromatic heterocycles. The third kappa shape index (κ3) is 3.22. The number of hydrogen-bond donors (Lipinski definition) is 2. The van der Waals surface area contributed by atoms with Crippen LogP contribution in [-0.4, -0.2) is 0 Å². The molecule has 2 nitrogen and oxygen atoms in total. The number of nitrogens with one attached hydrogen (secondary N) is 1. The number of nitrogens with two attached hydrogens (primary N) is 1. The first kappa shape index (κ1) is 14.6. The molecule has 0 heterocycles. The maximum atomic E-state index is 13.6. The van der Waals surface area contributed by atoms with Crippen LogP contribution in [0.15, 0.2) is 40.9 Å². The minimum atomic E-state index is -4.53. The molecule has 0 saturated heterocycles. The Hall–Kier alpha value is -1.76. The molecule has 0 saturated carbocycles. The van der Waals surface area contributed by atoms with Crippen molar-refractivity contribution in [1.82, 2.24) is 0 Å². The van der Waals surface area contributed by atoms with Crippen molar-refractivity contribution in [2.75, 3.05) is 11.1 Å². The van der Waals surface area contributed by atoms with Crippen molar-refractivity contribution in [3.8, 4) is 0 Å². The van der Waals surface area contributed by atoms with Crippen molar-refractivity contribution in [3.63, 3.8) is 0 Å². The smallest absolute Gasteiger partial charge is 0.397 e. The molecule has 0 spiro atoms. The zero-order valence-electron chi connectivity index (χ0n) is 9.93. The van der Waals surface area contributed by atoms with Crippen LogP contribution >= 0.6 is 15.9 Å². The van der Waals surface area contributed by atoms with Gasteiger partial charge in [-0.2, -0.15) is 13.2 Å². The fourth-order valence-corrected chi connectivity index (χ4v) is 1.94. The number of anilines is 3. The molecule has 20 heavy (non-hydrogen) atoms. The summed E-state index contributed by atoms with van der Waals surface area (Å²) in [5, 5.41) is 2.56. The van der Waals surface area contributed by atoms with Crippen molar-refractivity contribution >= 4 is 33.0 Å². The number of alkyl halides is 3. The molecule has 2 rings (SSSR count). The monoisotopic (exact) mass is 348 g/mol. The Morgan fingerprint density at radius 2 is 1.70 bits per heavy atom. The number of halogens is 5. The van der Waals surface area contributed by atoms with E-state index in [4.69, 9.17) is 5.73 Å². The maximum Gasteiger partial charge on any atom is 0.416 e. The van der Waals surface area contributed by atoms with E-state index in [2.05, 4.69) is 21.2 Å². The van der Waals surface area contributed by atoms with Crippen LogP contribution in [-0.2, 0) is 6.18 Å². The number of nitrogen functional groups attached to an aromatic ring is 1. The molecule has 0 aliphatic heterocycles. The molecule has 0 radical (unpaired) electrons. The highest BCUT2D eigenvalue weighted by Crippen LogP contribution is 2.34. The van der Waals surface area contributed by atoms with E-state index < -0.39 is 17.6 Å². The molecule has 0 fully saturated rings. The van der Waals surface area contributed by atoms with Gasteiger partial charge in [0.1, 0.15) is 5.82 Å². The van der Waals surface area contributed by atoms with Gasteiger partial charge in [-0.25, -0.2) is 4.39 Å². The van der Waals surface area contributed by atoms with Gasteiger partial charge in [0.15, 0.2) is 0 Å². The van der Waals surface area contributed by atoms with Crippen molar-refractivity contribution in [2.24, 2.45) is 0 Å². The zero-order valence-corrected chi connectivity index (χ0v) is 11.5. The summed E-state index contributed by atoms with van der Waals surface area (Å²) in [5.74, 6) is -0.794. The predicted octanol–water partition coefficient (Wildman–Crippen LogP) is 4.93. The summed E-state index contributed by atoms with van der Waals surface area (Å²) in [7, 11) is 0. The van der Waals surface area contributed by atoms with Crippen LogP contribution in [0.2, 0.25) is 0 Å². The number of benzene rings is 2. The molecular weight excluding hydrogens is 340 g/mol. The first-order valence-corrected chi connectivity index (χ1v) is 6.25. The molecule has 106 valence electrons. The van der Waals surface area contributed by atoms with Crippen LogP contribution in [0.3, 0.4) is 0 Å². The van der Waals surface area contributed by atoms with Gasteiger partial charge in [-0.1, -0.05) is 15.9 Å². The van der Waals surface area contributed by atoms with E-state index in [0.29, 0.717) is 28.0 Å². The fourth-order valence-electron chi connectivity index (χ4n) is 1.58. The van der Waals surface area contributed by atoms with Crippen LogP contribution in [0.25, 0.3) is 0 Å². The van der Waals surface area contributed by atoms with E-state index in [1.165, 1.54) is 0 Å². The van der Waals surface area contributed by atoms with Crippen molar-refractivity contribution in [1.29, 1.82) is 0 Å². The van der Waals surface area contributed by atoms with E-state index in [-0.39, 0.29) is 5.69 Å². The SMILES string of the molecule is Nc1ccc(Br)cc1Nc1cc(C(F)(F)F)ccc1F. The molecule has 0 bridgehead atoms. The van der Waals surface area contributed by atoms with Crippen LogP contribution < -0.4 is 11.1 Å². The highest BCUT2D eigenvalue weighted by Gasteiger charge is 2.31. The molecule has 3 N–H and O–H groups in total. The molecule has 0 atom stereocenters. The second kappa shape index (κ2) is 5.32. The average molecular weight is 349 g/mol. The minimum absolute atomic E-state index is 0.287. The lowest BCUT2D eigenvalue weighted by Crippen LogP contribution is -2.06. The Kier molecular flexibility index (Phi) is 3.89. The molecule has 0 aliphatic rings. The summed E-state index contributed by atoms with van der Waals surface area (Å²) in [6, 6.07) is 6.93. The zero-order chi connectivity index (χ0) is 14.9. The third-order valence-electron chi connectivity index (χ3n) is 2.58. The van der Waals surface area contributed by atoms with Gasteiger partial charge in [0.2, 0.25) is 0 Å². The highest BCUT2D eigenvalue weighted by molar-refractivity contribution is 9.10. The van der Waals surface area contributed by atoms with Crippen LogP contribution in [0, 0.1) is 5.82 Å². The normalized spacial score (nSPS) is 11.4. The van der Waals surface area contributed by atoms with Crippen molar-refractivity contribution in [2.45, 2.75) is 6.18 Å². The van der Waals surface area contributed by atoms with Gasteiger partial charge < -0.3 is 11.1 Å². The Morgan fingerprint density at radius 1 is 1.00 bits per heavy atom. The highest BCUT2D eigenvalue weighted by atomic mass is 79.9. The van der Waals surface area contributed by atoms with Crippen LogP contribution in [0.1, 0.15) is 5.56 Å². The third-order valence-corrected chi connectivity index (χ3v) is 3.07. The van der Waals surface area contributed by atoms with Crippen LogP contribution in [0.5, 0.6) is 0 Å². The van der Waals surface area contributed by atoms with E-state index in [0.717, 1.165) is 6.07 Å². The topological polar surface area (TPSA) is 38.0 Å². The molecular formula is C13H9BrF4N2. The van der Waals surface area contributed by atoms with E-state index >= 15 is 0 Å². The molecule has 2 aromatic carbocycles. The van der Waals surface area contributed by atoms with Crippen molar-refractivity contribution < 1.29 is 17.6 Å². The average Bonchev–Trinajstić information content (AvgIpc) is 2.35. The minimum Gasteiger partial charge on any atom is -0.397 e. The molecule has 0 amide bonds. The fraction of sp³-hybridized carbons (Fsp3) is 0.0769. The summed E-state index contributed by atoms with van der Waals surface area (Å²) >= 11 is 3.21. The second-order valence-electron chi connectivity index (χ2n) is 4.05. The molecule has 0 aliphatic carbocycles. The largest absolute Gasteiger partial charge is 0.416 e. The Bertz CT molecular complexity index is 641. The Labute approximate surface area is 120 Å². The molecule has 2 aromatic rings. The summed E-state index contributed by atoms with van der Waals surface area (Å²) in [4.78, 5) is 0. The van der Waals surface area contributed by atoms with Gasteiger partial charge in [0.25, 0.3) is 0 Å².